The molecule has 1 N–H and O–H groups in total. The lowest BCUT2D eigenvalue weighted by atomic mass is 10.1. The summed E-state index contributed by atoms with van der Waals surface area (Å²) < 4.78 is 5.41. The Morgan fingerprint density at radius 2 is 2.08 bits per heavy atom. The Kier molecular flexibility index (Phi) is 3.86. The molecular weight excluding hydrogens is 332 g/mol. The minimum atomic E-state index is -0.810. The van der Waals surface area contributed by atoms with Crippen LogP contribution in [-0.4, -0.2) is 34.7 Å². The van der Waals surface area contributed by atoms with Crippen molar-refractivity contribution in [3.05, 3.63) is 59.8 Å². The molecule has 1 aromatic heterocycles. The van der Waals surface area contributed by atoms with Gasteiger partial charge in [-0.25, -0.2) is 4.79 Å². The van der Waals surface area contributed by atoms with Crippen molar-refractivity contribution in [3.8, 4) is 6.07 Å². The molecule has 2 aromatic carbocycles. The molecule has 1 saturated heterocycles. The summed E-state index contributed by atoms with van der Waals surface area (Å²) in [4.78, 5) is 26.5. The normalized spacial score (nSPS) is 16.7. The van der Waals surface area contributed by atoms with Crippen LogP contribution in [-0.2, 0) is 9.53 Å². The maximum Gasteiger partial charge on any atom is 0.338 e. The van der Waals surface area contributed by atoms with E-state index in [0.717, 1.165) is 10.9 Å². The highest BCUT2D eigenvalue weighted by molar-refractivity contribution is 6.01. The van der Waals surface area contributed by atoms with Gasteiger partial charge in [-0.2, -0.15) is 10.4 Å². The van der Waals surface area contributed by atoms with E-state index in [4.69, 9.17) is 10.00 Å². The van der Waals surface area contributed by atoms with Crippen LogP contribution in [0.15, 0.2) is 48.7 Å². The standard InChI is InChI=1S/C19H14N4O3/c20-10-12-1-5-15(6-2-12)23-8-7-17(18(23)24)26-19(25)13-3-4-14-11-21-22-16(14)9-13/h1-6,9,11,17H,7-8H2,(H,21,22)/t17-/m1/s1. The largest absolute Gasteiger partial charge is 0.449 e. The Hall–Kier alpha value is -3.66. The van der Waals surface area contributed by atoms with Gasteiger partial charge in [-0.3, -0.25) is 9.89 Å². The maximum absolute atomic E-state index is 12.6. The first kappa shape index (κ1) is 15.8. The van der Waals surface area contributed by atoms with E-state index in [2.05, 4.69) is 10.2 Å². The first-order chi connectivity index (χ1) is 12.7. The molecule has 1 atom stereocenters. The number of aromatic amines is 1. The van der Waals surface area contributed by atoms with Gasteiger partial charge >= 0.3 is 5.97 Å². The predicted molar refractivity (Wildman–Crippen MR) is 93.4 cm³/mol. The molecule has 0 aliphatic carbocycles. The van der Waals surface area contributed by atoms with Crippen molar-refractivity contribution in [2.75, 3.05) is 11.4 Å². The van der Waals surface area contributed by atoms with Gasteiger partial charge in [-0.05, 0) is 36.4 Å². The zero-order chi connectivity index (χ0) is 18.1. The Balaban J connectivity index is 1.47. The number of benzene rings is 2. The number of carbonyl (C=O) groups is 2. The molecule has 0 bridgehead atoms. The number of aromatic nitrogens is 2. The predicted octanol–water partition coefficient (Wildman–Crippen LogP) is 2.40. The summed E-state index contributed by atoms with van der Waals surface area (Å²) in [6.07, 6.45) is 1.28. The Labute approximate surface area is 148 Å². The van der Waals surface area contributed by atoms with Crippen molar-refractivity contribution in [2.45, 2.75) is 12.5 Å². The molecule has 0 saturated carbocycles. The fraction of sp³-hybridized carbons (Fsp3) is 0.158. The number of nitrogens with zero attached hydrogens (tertiary/aromatic N) is 3. The van der Waals surface area contributed by atoms with Crippen LogP contribution < -0.4 is 4.90 Å². The summed E-state index contributed by atoms with van der Waals surface area (Å²) in [6.45, 7) is 0.461. The van der Waals surface area contributed by atoms with Gasteiger partial charge < -0.3 is 9.64 Å². The second-order valence-corrected chi connectivity index (χ2v) is 6.00. The van der Waals surface area contributed by atoms with Gasteiger partial charge in [-0.1, -0.05) is 6.07 Å². The van der Waals surface area contributed by atoms with E-state index in [1.165, 1.54) is 0 Å². The van der Waals surface area contributed by atoms with E-state index in [0.29, 0.717) is 29.8 Å². The Bertz CT molecular complexity index is 1030. The van der Waals surface area contributed by atoms with Gasteiger partial charge in [0.05, 0.1) is 28.9 Å². The number of hydrogen-bond donors (Lipinski definition) is 1. The number of H-pyrrole nitrogens is 1. The average Bonchev–Trinajstić information content (AvgIpc) is 3.28. The van der Waals surface area contributed by atoms with Gasteiger partial charge in [0.25, 0.3) is 5.91 Å². The molecular formula is C19H14N4O3. The molecule has 1 aliphatic rings. The first-order valence-corrected chi connectivity index (χ1v) is 8.11. The number of anilines is 1. The van der Waals surface area contributed by atoms with Crippen LogP contribution in [0.1, 0.15) is 22.3 Å². The number of rotatable bonds is 3. The van der Waals surface area contributed by atoms with Crippen molar-refractivity contribution < 1.29 is 14.3 Å². The number of fused-ring (bicyclic) bond motifs is 1. The summed E-state index contributed by atoms with van der Waals surface area (Å²) in [5.41, 5.74) is 2.31. The molecule has 128 valence electrons. The highest BCUT2D eigenvalue weighted by Crippen LogP contribution is 2.24. The smallest absolute Gasteiger partial charge is 0.338 e. The second kappa shape index (κ2) is 6.33. The number of esters is 1. The Morgan fingerprint density at radius 3 is 2.85 bits per heavy atom. The van der Waals surface area contributed by atoms with Gasteiger partial charge in [0.15, 0.2) is 6.10 Å². The number of hydrogen-bond acceptors (Lipinski definition) is 5. The van der Waals surface area contributed by atoms with Crippen LogP contribution in [0, 0.1) is 11.3 Å². The summed E-state index contributed by atoms with van der Waals surface area (Å²) >= 11 is 0. The number of ether oxygens (including phenoxy) is 1. The number of carbonyl (C=O) groups excluding carboxylic acids is 2. The molecule has 1 amide bonds. The topological polar surface area (TPSA) is 99.1 Å². The highest BCUT2D eigenvalue weighted by atomic mass is 16.5. The van der Waals surface area contributed by atoms with Crippen LogP contribution >= 0.6 is 0 Å². The van der Waals surface area contributed by atoms with Gasteiger partial charge in [0.2, 0.25) is 0 Å². The summed E-state index contributed by atoms with van der Waals surface area (Å²) in [7, 11) is 0. The van der Waals surface area contributed by atoms with Gasteiger partial charge in [0, 0.05) is 24.0 Å². The van der Waals surface area contributed by atoms with Crippen LogP contribution in [0.25, 0.3) is 10.9 Å². The molecule has 7 nitrogen and oxygen atoms in total. The summed E-state index contributed by atoms with van der Waals surface area (Å²) in [6, 6.07) is 13.9. The van der Waals surface area contributed by atoms with Crippen LogP contribution in [0.4, 0.5) is 5.69 Å². The monoisotopic (exact) mass is 346 g/mol. The molecule has 0 unspecified atom stereocenters. The lowest BCUT2D eigenvalue weighted by molar-refractivity contribution is -0.124. The lowest BCUT2D eigenvalue weighted by Crippen LogP contribution is -2.32. The third-order valence-electron chi connectivity index (χ3n) is 4.39. The highest BCUT2D eigenvalue weighted by Gasteiger charge is 2.35. The minimum Gasteiger partial charge on any atom is -0.449 e. The van der Waals surface area contributed by atoms with E-state index in [1.807, 2.05) is 6.07 Å². The van der Waals surface area contributed by atoms with Crippen LogP contribution in [0.5, 0.6) is 0 Å². The van der Waals surface area contributed by atoms with Crippen molar-refractivity contribution >= 4 is 28.5 Å². The van der Waals surface area contributed by atoms with E-state index in [-0.39, 0.29) is 5.91 Å². The summed E-state index contributed by atoms with van der Waals surface area (Å²) in [5, 5.41) is 16.5. The van der Waals surface area contributed by atoms with Crippen LogP contribution in [0.2, 0.25) is 0 Å². The van der Waals surface area contributed by atoms with Crippen LogP contribution in [0.3, 0.4) is 0 Å². The average molecular weight is 346 g/mol. The number of nitrogens with one attached hydrogen (secondary N) is 1. The van der Waals surface area contributed by atoms with Gasteiger partial charge in [0.1, 0.15) is 0 Å². The quantitative estimate of drug-likeness (QED) is 0.734. The van der Waals surface area contributed by atoms with Crippen molar-refractivity contribution in [1.29, 1.82) is 5.26 Å². The first-order valence-electron chi connectivity index (χ1n) is 8.11. The molecule has 0 radical (unpaired) electrons. The zero-order valence-corrected chi connectivity index (χ0v) is 13.7. The molecule has 3 aromatic rings. The fourth-order valence-electron chi connectivity index (χ4n) is 3.00. The molecule has 26 heavy (non-hydrogen) atoms. The third kappa shape index (κ3) is 2.78. The van der Waals surface area contributed by atoms with Crippen molar-refractivity contribution in [1.82, 2.24) is 10.2 Å². The number of amides is 1. The zero-order valence-electron chi connectivity index (χ0n) is 13.7. The second-order valence-electron chi connectivity index (χ2n) is 6.00. The molecule has 1 aliphatic heterocycles. The SMILES string of the molecule is N#Cc1ccc(N2CC[C@@H](OC(=O)c3ccc4cn[nH]c4c3)C2=O)cc1. The van der Waals surface area contributed by atoms with E-state index >= 15 is 0 Å². The fourth-order valence-corrected chi connectivity index (χ4v) is 3.00. The minimum absolute atomic E-state index is 0.259. The van der Waals surface area contributed by atoms with E-state index in [1.54, 1.807) is 53.6 Å². The number of nitriles is 1. The molecule has 4 rings (SSSR count). The maximum atomic E-state index is 12.6. The van der Waals surface area contributed by atoms with E-state index in [9.17, 15) is 9.59 Å². The third-order valence-corrected chi connectivity index (χ3v) is 4.39. The lowest BCUT2D eigenvalue weighted by Gasteiger charge is -2.17. The summed E-state index contributed by atoms with van der Waals surface area (Å²) in [5.74, 6) is -0.799. The van der Waals surface area contributed by atoms with Crippen molar-refractivity contribution in [2.24, 2.45) is 0 Å². The molecule has 7 heteroatoms. The molecule has 1 fully saturated rings. The van der Waals surface area contributed by atoms with Gasteiger partial charge in [-0.15, -0.1) is 0 Å². The molecule has 0 spiro atoms. The van der Waals surface area contributed by atoms with Crippen molar-refractivity contribution in [3.63, 3.8) is 0 Å². The van der Waals surface area contributed by atoms with E-state index < -0.39 is 12.1 Å². The molecule has 2 heterocycles. The Morgan fingerprint density at radius 1 is 1.27 bits per heavy atom.